The highest BCUT2D eigenvalue weighted by Crippen LogP contribution is 2.25. The molecule has 106 valence electrons. The summed E-state index contributed by atoms with van der Waals surface area (Å²) in [7, 11) is 0. The van der Waals surface area contributed by atoms with E-state index in [9.17, 15) is 4.79 Å². The fourth-order valence-corrected chi connectivity index (χ4v) is 2.93. The van der Waals surface area contributed by atoms with Gasteiger partial charge >= 0.3 is 5.97 Å². The number of pyridine rings is 1. The van der Waals surface area contributed by atoms with Gasteiger partial charge in [0.15, 0.2) is 0 Å². The van der Waals surface area contributed by atoms with Crippen molar-refractivity contribution in [2.24, 2.45) is 0 Å². The van der Waals surface area contributed by atoms with Crippen LogP contribution in [-0.4, -0.2) is 16.1 Å². The standard InChI is InChI=1S/C16H14N2O2S/c1-10(12-8-15-14(17-9-12)6-7-21-15)18-13-4-2-11(3-5-13)16(19)20/h2-10,18H,1H3,(H,19,20). The molecule has 0 aliphatic carbocycles. The van der Waals surface area contributed by atoms with Gasteiger partial charge in [-0.1, -0.05) is 0 Å². The lowest BCUT2D eigenvalue weighted by atomic mass is 10.1. The van der Waals surface area contributed by atoms with Crippen LogP contribution in [0.1, 0.15) is 28.9 Å². The van der Waals surface area contributed by atoms with Crippen LogP contribution in [0.5, 0.6) is 0 Å². The van der Waals surface area contributed by atoms with E-state index < -0.39 is 5.97 Å². The zero-order valence-electron chi connectivity index (χ0n) is 11.4. The molecule has 1 unspecified atom stereocenters. The van der Waals surface area contributed by atoms with Crippen LogP contribution < -0.4 is 5.32 Å². The fraction of sp³-hybridized carbons (Fsp3) is 0.125. The van der Waals surface area contributed by atoms with E-state index in [2.05, 4.69) is 23.3 Å². The van der Waals surface area contributed by atoms with Gasteiger partial charge in [0, 0.05) is 11.9 Å². The second-order valence-corrected chi connectivity index (χ2v) is 5.77. The summed E-state index contributed by atoms with van der Waals surface area (Å²) in [5, 5.41) is 14.3. The molecule has 1 atom stereocenters. The van der Waals surface area contributed by atoms with Crippen molar-refractivity contribution in [1.82, 2.24) is 4.98 Å². The Bertz CT molecular complexity index is 780. The van der Waals surface area contributed by atoms with Crippen molar-refractivity contribution in [3.8, 4) is 0 Å². The predicted molar refractivity (Wildman–Crippen MR) is 85.1 cm³/mol. The topological polar surface area (TPSA) is 62.2 Å². The van der Waals surface area contributed by atoms with Crippen molar-refractivity contribution in [2.45, 2.75) is 13.0 Å². The smallest absolute Gasteiger partial charge is 0.335 e. The lowest BCUT2D eigenvalue weighted by Gasteiger charge is -2.15. The van der Waals surface area contributed by atoms with Gasteiger partial charge in [-0.3, -0.25) is 4.98 Å². The second-order valence-electron chi connectivity index (χ2n) is 4.82. The molecule has 0 saturated heterocycles. The predicted octanol–water partition coefficient (Wildman–Crippen LogP) is 4.17. The molecule has 5 heteroatoms. The number of hydrogen-bond donors (Lipinski definition) is 2. The number of aromatic nitrogens is 1. The Morgan fingerprint density at radius 1 is 1.29 bits per heavy atom. The van der Waals surface area contributed by atoms with Gasteiger partial charge in [0.05, 0.1) is 21.8 Å². The average Bonchev–Trinajstić information content (AvgIpc) is 2.95. The Balaban J connectivity index is 1.78. The molecular formula is C16H14N2O2S. The molecule has 0 fully saturated rings. The van der Waals surface area contributed by atoms with E-state index in [4.69, 9.17) is 5.11 Å². The number of aromatic carboxylic acids is 1. The molecule has 0 bridgehead atoms. The zero-order valence-corrected chi connectivity index (χ0v) is 12.2. The van der Waals surface area contributed by atoms with Gasteiger partial charge in [-0.05, 0) is 54.3 Å². The Morgan fingerprint density at radius 2 is 2.05 bits per heavy atom. The third-order valence-corrected chi connectivity index (χ3v) is 4.19. The molecule has 0 aliphatic rings. The number of benzene rings is 1. The molecule has 0 aliphatic heterocycles. The second kappa shape index (κ2) is 5.54. The monoisotopic (exact) mass is 298 g/mol. The van der Waals surface area contributed by atoms with E-state index in [1.165, 1.54) is 4.70 Å². The first kappa shape index (κ1) is 13.6. The molecule has 21 heavy (non-hydrogen) atoms. The zero-order chi connectivity index (χ0) is 14.8. The number of rotatable bonds is 4. The lowest BCUT2D eigenvalue weighted by Crippen LogP contribution is -2.07. The number of fused-ring (bicyclic) bond motifs is 1. The molecule has 4 nitrogen and oxygen atoms in total. The Morgan fingerprint density at radius 3 is 2.76 bits per heavy atom. The highest BCUT2D eigenvalue weighted by molar-refractivity contribution is 7.17. The molecule has 3 rings (SSSR count). The molecule has 0 radical (unpaired) electrons. The minimum atomic E-state index is -0.915. The lowest BCUT2D eigenvalue weighted by molar-refractivity contribution is 0.0697. The molecule has 0 amide bonds. The summed E-state index contributed by atoms with van der Waals surface area (Å²) in [6.45, 7) is 2.06. The SMILES string of the molecule is CC(Nc1ccc(C(=O)O)cc1)c1cnc2ccsc2c1. The molecular weight excluding hydrogens is 284 g/mol. The van der Waals surface area contributed by atoms with Crippen molar-refractivity contribution in [1.29, 1.82) is 0 Å². The van der Waals surface area contributed by atoms with Crippen LogP contribution in [0.4, 0.5) is 5.69 Å². The summed E-state index contributed by atoms with van der Waals surface area (Å²) >= 11 is 1.67. The number of carboxylic acids is 1. The largest absolute Gasteiger partial charge is 0.478 e. The molecule has 3 aromatic rings. The highest BCUT2D eigenvalue weighted by atomic mass is 32.1. The maximum atomic E-state index is 10.8. The maximum Gasteiger partial charge on any atom is 0.335 e. The summed E-state index contributed by atoms with van der Waals surface area (Å²) in [5.74, 6) is -0.915. The van der Waals surface area contributed by atoms with Gasteiger partial charge < -0.3 is 10.4 Å². The van der Waals surface area contributed by atoms with Gasteiger partial charge in [0.1, 0.15) is 0 Å². The van der Waals surface area contributed by atoms with Crippen molar-refractivity contribution in [3.05, 3.63) is 59.1 Å². The van der Waals surface area contributed by atoms with E-state index in [1.807, 2.05) is 17.6 Å². The van der Waals surface area contributed by atoms with Crippen LogP contribution in [0.3, 0.4) is 0 Å². The summed E-state index contributed by atoms with van der Waals surface area (Å²) in [6.07, 6.45) is 1.87. The first-order valence-electron chi connectivity index (χ1n) is 6.56. The van der Waals surface area contributed by atoms with Crippen molar-refractivity contribution >= 4 is 33.2 Å². The van der Waals surface area contributed by atoms with E-state index >= 15 is 0 Å². The minimum Gasteiger partial charge on any atom is -0.478 e. The average molecular weight is 298 g/mol. The van der Waals surface area contributed by atoms with E-state index in [-0.39, 0.29) is 11.6 Å². The van der Waals surface area contributed by atoms with Crippen LogP contribution in [-0.2, 0) is 0 Å². The summed E-state index contributed by atoms with van der Waals surface area (Å²) in [4.78, 5) is 15.3. The number of carboxylic acid groups (broad SMARTS) is 1. The Kier molecular flexibility index (Phi) is 3.58. The molecule has 2 aromatic heterocycles. The normalized spacial score (nSPS) is 12.2. The molecule has 1 aromatic carbocycles. The highest BCUT2D eigenvalue weighted by Gasteiger charge is 2.08. The van der Waals surface area contributed by atoms with Gasteiger partial charge in [-0.25, -0.2) is 4.79 Å². The Labute approximate surface area is 126 Å². The fourth-order valence-electron chi connectivity index (χ4n) is 2.14. The van der Waals surface area contributed by atoms with Crippen LogP contribution >= 0.6 is 11.3 Å². The Hall–Kier alpha value is -2.40. The molecule has 0 spiro atoms. The molecule has 0 saturated carbocycles. The van der Waals surface area contributed by atoms with Gasteiger partial charge in [-0.2, -0.15) is 0 Å². The van der Waals surface area contributed by atoms with Gasteiger partial charge in [0.2, 0.25) is 0 Å². The number of thiophene rings is 1. The van der Waals surface area contributed by atoms with E-state index in [1.54, 1.807) is 35.6 Å². The molecule has 2 heterocycles. The van der Waals surface area contributed by atoms with Gasteiger partial charge in [0.25, 0.3) is 0 Å². The number of nitrogens with zero attached hydrogens (tertiary/aromatic N) is 1. The summed E-state index contributed by atoms with van der Waals surface area (Å²) in [6, 6.07) is 11.0. The first-order valence-corrected chi connectivity index (χ1v) is 7.44. The van der Waals surface area contributed by atoms with Crippen LogP contribution in [0.25, 0.3) is 10.2 Å². The van der Waals surface area contributed by atoms with Crippen LogP contribution in [0, 0.1) is 0 Å². The molecule has 2 N–H and O–H groups in total. The summed E-state index contributed by atoms with van der Waals surface area (Å²) in [5.41, 5.74) is 3.29. The minimum absolute atomic E-state index is 0.0969. The third kappa shape index (κ3) is 2.87. The van der Waals surface area contributed by atoms with Gasteiger partial charge in [-0.15, -0.1) is 11.3 Å². The quantitative estimate of drug-likeness (QED) is 0.759. The van der Waals surface area contributed by atoms with Crippen LogP contribution in [0.15, 0.2) is 48.0 Å². The first-order chi connectivity index (χ1) is 10.1. The summed E-state index contributed by atoms with van der Waals surface area (Å²) < 4.78 is 1.17. The van der Waals surface area contributed by atoms with E-state index in [0.29, 0.717) is 0 Å². The van der Waals surface area contributed by atoms with Crippen molar-refractivity contribution in [2.75, 3.05) is 5.32 Å². The third-order valence-electron chi connectivity index (χ3n) is 3.34. The van der Waals surface area contributed by atoms with Crippen LogP contribution in [0.2, 0.25) is 0 Å². The maximum absolute atomic E-state index is 10.8. The number of nitrogens with one attached hydrogen (secondary N) is 1. The number of hydrogen-bond acceptors (Lipinski definition) is 4. The number of carbonyl (C=O) groups is 1. The van der Waals surface area contributed by atoms with Crippen molar-refractivity contribution in [3.63, 3.8) is 0 Å². The van der Waals surface area contributed by atoms with Crippen molar-refractivity contribution < 1.29 is 9.90 Å². The van der Waals surface area contributed by atoms with E-state index in [0.717, 1.165) is 16.8 Å². The number of anilines is 1.